The summed E-state index contributed by atoms with van der Waals surface area (Å²) in [4.78, 5) is 6.76. The van der Waals surface area contributed by atoms with Gasteiger partial charge in [-0.05, 0) is 37.9 Å². The summed E-state index contributed by atoms with van der Waals surface area (Å²) in [6, 6.07) is 4.71. The summed E-state index contributed by atoms with van der Waals surface area (Å²) in [5.74, 6) is 0. The van der Waals surface area contributed by atoms with Gasteiger partial charge in [-0.25, -0.2) is 0 Å². The van der Waals surface area contributed by atoms with Gasteiger partial charge < -0.3 is 0 Å². The first-order valence-electron chi connectivity index (χ1n) is 6.47. The van der Waals surface area contributed by atoms with Crippen LogP contribution in [0.3, 0.4) is 0 Å². The molecule has 0 amide bonds. The van der Waals surface area contributed by atoms with Gasteiger partial charge in [-0.15, -0.1) is 0 Å². The molecule has 2 aromatic rings. The third-order valence-electron chi connectivity index (χ3n) is 3.74. The van der Waals surface area contributed by atoms with Crippen LogP contribution in [0, 0.1) is 6.92 Å². The Morgan fingerprint density at radius 3 is 3.11 bits per heavy atom. The van der Waals surface area contributed by atoms with Crippen LogP contribution in [0.15, 0.2) is 30.7 Å². The van der Waals surface area contributed by atoms with Gasteiger partial charge in [0.15, 0.2) is 0 Å². The van der Waals surface area contributed by atoms with Gasteiger partial charge in [0, 0.05) is 36.2 Å². The van der Waals surface area contributed by atoms with Crippen molar-refractivity contribution in [1.82, 2.24) is 20.1 Å². The van der Waals surface area contributed by atoms with E-state index in [4.69, 9.17) is 0 Å². The minimum atomic E-state index is 0.507. The smallest absolute Gasteiger partial charge is 0.0535 e. The molecule has 1 unspecified atom stereocenters. The van der Waals surface area contributed by atoms with E-state index < -0.39 is 0 Å². The number of hydrogen-bond donors (Lipinski definition) is 1. The molecule has 1 aliphatic rings. The molecule has 4 nitrogen and oxygen atoms in total. The largest absolute Gasteiger partial charge is 0.292 e. The van der Waals surface area contributed by atoms with Crippen LogP contribution in [0.2, 0.25) is 0 Å². The molecule has 0 spiro atoms. The molecule has 4 heteroatoms. The SMILES string of the molecule is Cc1[nH]ncc1CN1CCCC1c1cccnc1. The number of aryl methyl sites for hydroxylation is 1. The van der Waals surface area contributed by atoms with E-state index in [0.717, 1.165) is 13.1 Å². The summed E-state index contributed by atoms with van der Waals surface area (Å²) >= 11 is 0. The molecule has 18 heavy (non-hydrogen) atoms. The Kier molecular flexibility index (Phi) is 3.11. The zero-order valence-corrected chi connectivity index (χ0v) is 10.6. The molecular formula is C14H18N4. The van der Waals surface area contributed by atoms with Gasteiger partial charge in [-0.3, -0.25) is 15.0 Å². The number of rotatable bonds is 3. The summed E-state index contributed by atoms with van der Waals surface area (Å²) in [7, 11) is 0. The Hall–Kier alpha value is -1.68. The molecule has 1 aliphatic heterocycles. The standard InChI is InChI=1S/C14H18N4/c1-11-13(9-16-17-11)10-18-7-3-5-14(18)12-4-2-6-15-8-12/h2,4,6,8-9,14H,3,5,7,10H2,1H3,(H,16,17). The fourth-order valence-corrected chi connectivity index (χ4v) is 2.72. The Labute approximate surface area is 107 Å². The highest BCUT2D eigenvalue weighted by atomic mass is 15.2. The number of aromatic nitrogens is 3. The lowest BCUT2D eigenvalue weighted by Crippen LogP contribution is -2.23. The summed E-state index contributed by atoms with van der Waals surface area (Å²) in [5, 5.41) is 7.11. The second kappa shape index (κ2) is 4.90. The lowest BCUT2D eigenvalue weighted by Gasteiger charge is -2.24. The van der Waals surface area contributed by atoms with Gasteiger partial charge in [0.05, 0.1) is 6.20 Å². The highest BCUT2D eigenvalue weighted by molar-refractivity contribution is 5.18. The maximum absolute atomic E-state index is 4.23. The van der Waals surface area contributed by atoms with Crippen molar-refractivity contribution in [3.63, 3.8) is 0 Å². The number of aromatic amines is 1. The Balaban J connectivity index is 1.78. The zero-order valence-electron chi connectivity index (χ0n) is 10.6. The predicted molar refractivity (Wildman–Crippen MR) is 69.9 cm³/mol. The molecule has 94 valence electrons. The van der Waals surface area contributed by atoms with Crippen molar-refractivity contribution in [2.24, 2.45) is 0 Å². The Morgan fingerprint density at radius 1 is 1.44 bits per heavy atom. The molecule has 1 saturated heterocycles. The van der Waals surface area contributed by atoms with Crippen molar-refractivity contribution in [1.29, 1.82) is 0 Å². The molecule has 0 aromatic carbocycles. The third-order valence-corrected chi connectivity index (χ3v) is 3.74. The maximum atomic E-state index is 4.23. The van der Waals surface area contributed by atoms with Gasteiger partial charge in [-0.2, -0.15) is 5.10 Å². The number of nitrogens with one attached hydrogen (secondary N) is 1. The molecule has 3 rings (SSSR count). The van der Waals surface area contributed by atoms with E-state index in [-0.39, 0.29) is 0 Å². The molecule has 1 fully saturated rings. The van der Waals surface area contributed by atoms with Crippen molar-refractivity contribution < 1.29 is 0 Å². The van der Waals surface area contributed by atoms with Gasteiger partial charge in [0.25, 0.3) is 0 Å². The van der Waals surface area contributed by atoms with E-state index >= 15 is 0 Å². The fraction of sp³-hybridized carbons (Fsp3) is 0.429. The quantitative estimate of drug-likeness (QED) is 0.899. The lowest BCUT2D eigenvalue weighted by atomic mass is 10.1. The molecule has 0 radical (unpaired) electrons. The molecule has 1 N–H and O–H groups in total. The van der Waals surface area contributed by atoms with Gasteiger partial charge >= 0.3 is 0 Å². The van der Waals surface area contributed by atoms with E-state index in [9.17, 15) is 0 Å². The molecule has 0 bridgehead atoms. The molecule has 2 aromatic heterocycles. The van der Waals surface area contributed by atoms with Crippen LogP contribution < -0.4 is 0 Å². The highest BCUT2D eigenvalue weighted by Gasteiger charge is 2.26. The summed E-state index contributed by atoms with van der Waals surface area (Å²) in [6.07, 6.45) is 8.25. The van der Waals surface area contributed by atoms with Crippen LogP contribution in [0.25, 0.3) is 0 Å². The molecule has 0 saturated carbocycles. The fourth-order valence-electron chi connectivity index (χ4n) is 2.72. The van der Waals surface area contributed by atoms with Crippen LogP contribution in [-0.4, -0.2) is 26.6 Å². The van der Waals surface area contributed by atoms with Gasteiger partial charge in [0.1, 0.15) is 0 Å². The molecule has 3 heterocycles. The van der Waals surface area contributed by atoms with Crippen LogP contribution in [0.1, 0.15) is 35.7 Å². The maximum Gasteiger partial charge on any atom is 0.0535 e. The minimum Gasteiger partial charge on any atom is -0.292 e. The Morgan fingerprint density at radius 2 is 2.39 bits per heavy atom. The van der Waals surface area contributed by atoms with Crippen LogP contribution in [0.4, 0.5) is 0 Å². The summed E-state index contributed by atoms with van der Waals surface area (Å²) in [6.45, 7) is 4.21. The molecular weight excluding hydrogens is 224 g/mol. The van der Waals surface area contributed by atoms with Gasteiger partial charge in [0.2, 0.25) is 0 Å². The van der Waals surface area contributed by atoms with Crippen molar-refractivity contribution in [3.8, 4) is 0 Å². The molecule has 1 atom stereocenters. The minimum absolute atomic E-state index is 0.507. The molecule has 0 aliphatic carbocycles. The van der Waals surface area contributed by atoms with Crippen molar-refractivity contribution >= 4 is 0 Å². The lowest BCUT2D eigenvalue weighted by molar-refractivity contribution is 0.247. The Bertz CT molecular complexity index is 506. The predicted octanol–water partition coefficient (Wildman–Crippen LogP) is 2.45. The first-order chi connectivity index (χ1) is 8.84. The van der Waals surface area contributed by atoms with E-state index in [0.29, 0.717) is 6.04 Å². The van der Waals surface area contributed by atoms with E-state index in [2.05, 4.69) is 33.1 Å². The average molecular weight is 242 g/mol. The second-order valence-corrected chi connectivity index (χ2v) is 4.94. The topological polar surface area (TPSA) is 44.8 Å². The van der Waals surface area contributed by atoms with E-state index in [1.807, 2.05) is 24.7 Å². The number of hydrogen-bond acceptors (Lipinski definition) is 3. The first kappa shape index (κ1) is 11.4. The first-order valence-corrected chi connectivity index (χ1v) is 6.47. The van der Waals surface area contributed by atoms with Crippen molar-refractivity contribution in [2.45, 2.75) is 32.4 Å². The number of H-pyrrole nitrogens is 1. The van der Waals surface area contributed by atoms with Gasteiger partial charge in [-0.1, -0.05) is 6.07 Å². The van der Waals surface area contributed by atoms with Crippen LogP contribution >= 0.6 is 0 Å². The normalized spacial score (nSPS) is 20.4. The van der Waals surface area contributed by atoms with E-state index in [1.165, 1.54) is 29.7 Å². The van der Waals surface area contributed by atoms with Crippen LogP contribution in [0.5, 0.6) is 0 Å². The highest BCUT2D eigenvalue weighted by Crippen LogP contribution is 2.32. The van der Waals surface area contributed by atoms with Crippen molar-refractivity contribution in [2.75, 3.05) is 6.54 Å². The van der Waals surface area contributed by atoms with E-state index in [1.54, 1.807) is 0 Å². The number of pyridine rings is 1. The summed E-state index contributed by atoms with van der Waals surface area (Å²) in [5.41, 5.74) is 3.80. The zero-order chi connectivity index (χ0) is 12.4. The summed E-state index contributed by atoms with van der Waals surface area (Å²) < 4.78 is 0. The monoisotopic (exact) mass is 242 g/mol. The van der Waals surface area contributed by atoms with Crippen LogP contribution in [-0.2, 0) is 6.54 Å². The second-order valence-electron chi connectivity index (χ2n) is 4.94. The third kappa shape index (κ3) is 2.16. The average Bonchev–Trinajstić information content (AvgIpc) is 3.01. The van der Waals surface area contributed by atoms with Crippen molar-refractivity contribution in [3.05, 3.63) is 47.5 Å². The number of likely N-dealkylation sites (tertiary alicyclic amines) is 1. The number of nitrogens with zero attached hydrogens (tertiary/aromatic N) is 3.